The number of ether oxygens (including phenoxy) is 1. The van der Waals surface area contributed by atoms with Gasteiger partial charge in [0.05, 0.1) is 12.6 Å². The van der Waals surface area contributed by atoms with E-state index in [1.165, 1.54) is 12.5 Å². The Hall–Kier alpha value is -1.92. The second kappa shape index (κ2) is 9.14. The zero-order valence-electron chi connectivity index (χ0n) is 15.6. The van der Waals surface area contributed by atoms with Gasteiger partial charge in [0.1, 0.15) is 0 Å². The Labute approximate surface area is 155 Å². The monoisotopic (exact) mass is 359 g/mol. The highest BCUT2D eigenvalue weighted by atomic mass is 16.5. The molecular weight excluding hydrogens is 330 g/mol. The van der Waals surface area contributed by atoms with Gasteiger partial charge in [-0.2, -0.15) is 0 Å². The number of carbonyl (C=O) groups is 2. The van der Waals surface area contributed by atoms with E-state index in [2.05, 4.69) is 29.2 Å². The first-order valence-corrected chi connectivity index (χ1v) is 9.53. The highest BCUT2D eigenvalue weighted by molar-refractivity contribution is 5.84. The lowest BCUT2D eigenvalue weighted by atomic mass is 10.2. The minimum absolute atomic E-state index is 0.0394. The fourth-order valence-corrected chi connectivity index (χ4v) is 3.60. The molecule has 1 aromatic rings. The molecule has 2 aliphatic heterocycles. The number of carbonyl (C=O) groups excluding carboxylic acids is 2. The molecule has 1 aromatic carbocycles. The zero-order valence-corrected chi connectivity index (χ0v) is 15.6. The average molecular weight is 359 g/mol. The van der Waals surface area contributed by atoms with Crippen molar-refractivity contribution in [2.45, 2.75) is 32.4 Å². The molecule has 2 saturated heterocycles. The summed E-state index contributed by atoms with van der Waals surface area (Å²) in [6, 6.07) is 10.4. The lowest BCUT2D eigenvalue weighted by Gasteiger charge is -2.36. The Morgan fingerprint density at radius 1 is 1.15 bits per heavy atom. The van der Waals surface area contributed by atoms with Crippen LogP contribution in [0.4, 0.5) is 0 Å². The number of rotatable bonds is 6. The number of benzene rings is 1. The molecule has 0 spiro atoms. The molecule has 1 atom stereocenters. The third-order valence-corrected chi connectivity index (χ3v) is 5.19. The van der Waals surface area contributed by atoms with Crippen molar-refractivity contribution in [3.63, 3.8) is 0 Å². The molecule has 1 unspecified atom stereocenters. The standard InChI is InChI=1S/C20H29N3O3/c1-17(24)23(15-19-8-5-13-26-19)16-20(25)22-11-9-21(10-12-22)14-18-6-3-2-4-7-18/h2-4,6-7,19H,5,8-16H2,1H3. The van der Waals surface area contributed by atoms with Crippen molar-refractivity contribution >= 4 is 11.8 Å². The lowest BCUT2D eigenvalue weighted by Crippen LogP contribution is -2.52. The molecule has 6 heteroatoms. The van der Waals surface area contributed by atoms with Gasteiger partial charge in [-0.25, -0.2) is 0 Å². The fraction of sp³-hybridized carbons (Fsp3) is 0.600. The smallest absolute Gasteiger partial charge is 0.242 e. The Kier molecular flexibility index (Phi) is 6.63. The minimum atomic E-state index is -0.0587. The molecule has 3 rings (SSSR count). The average Bonchev–Trinajstić information content (AvgIpc) is 3.15. The summed E-state index contributed by atoms with van der Waals surface area (Å²) in [5.74, 6) is -0.0193. The minimum Gasteiger partial charge on any atom is -0.376 e. The summed E-state index contributed by atoms with van der Waals surface area (Å²) in [5, 5.41) is 0. The van der Waals surface area contributed by atoms with E-state index in [1.54, 1.807) is 4.90 Å². The van der Waals surface area contributed by atoms with Crippen LogP contribution in [0.2, 0.25) is 0 Å². The summed E-state index contributed by atoms with van der Waals surface area (Å²) in [4.78, 5) is 30.4. The van der Waals surface area contributed by atoms with Crippen LogP contribution in [0.15, 0.2) is 30.3 Å². The van der Waals surface area contributed by atoms with Gasteiger partial charge in [-0.1, -0.05) is 30.3 Å². The molecular formula is C20H29N3O3. The molecule has 2 amide bonds. The van der Waals surface area contributed by atoms with Gasteiger partial charge >= 0.3 is 0 Å². The van der Waals surface area contributed by atoms with Crippen molar-refractivity contribution in [2.24, 2.45) is 0 Å². The topological polar surface area (TPSA) is 53.1 Å². The molecule has 0 bridgehead atoms. The molecule has 0 aliphatic carbocycles. The van der Waals surface area contributed by atoms with Crippen LogP contribution < -0.4 is 0 Å². The fourth-order valence-electron chi connectivity index (χ4n) is 3.60. The third-order valence-electron chi connectivity index (χ3n) is 5.19. The zero-order chi connectivity index (χ0) is 18.4. The lowest BCUT2D eigenvalue weighted by molar-refractivity contribution is -0.141. The molecule has 0 saturated carbocycles. The Morgan fingerprint density at radius 3 is 2.50 bits per heavy atom. The number of hydrogen-bond donors (Lipinski definition) is 0. The van der Waals surface area contributed by atoms with Crippen LogP contribution in [0.5, 0.6) is 0 Å². The van der Waals surface area contributed by atoms with Gasteiger partial charge in [0.15, 0.2) is 0 Å². The highest BCUT2D eigenvalue weighted by Gasteiger charge is 2.26. The summed E-state index contributed by atoms with van der Waals surface area (Å²) in [5.41, 5.74) is 1.30. The molecule has 2 aliphatic rings. The number of piperazine rings is 1. The second-order valence-electron chi connectivity index (χ2n) is 7.18. The van der Waals surface area contributed by atoms with Crippen LogP contribution in [-0.4, -0.2) is 78.5 Å². The number of nitrogens with zero attached hydrogens (tertiary/aromatic N) is 3. The summed E-state index contributed by atoms with van der Waals surface area (Å²) < 4.78 is 5.61. The third kappa shape index (κ3) is 5.29. The Morgan fingerprint density at radius 2 is 1.88 bits per heavy atom. The first kappa shape index (κ1) is 18.9. The van der Waals surface area contributed by atoms with E-state index >= 15 is 0 Å². The van der Waals surface area contributed by atoms with Crippen LogP contribution in [0.3, 0.4) is 0 Å². The predicted molar refractivity (Wildman–Crippen MR) is 99.5 cm³/mol. The van der Waals surface area contributed by atoms with Gasteiger partial charge in [-0.15, -0.1) is 0 Å². The van der Waals surface area contributed by atoms with Crippen molar-refractivity contribution in [2.75, 3.05) is 45.9 Å². The summed E-state index contributed by atoms with van der Waals surface area (Å²) in [6.07, 6.45) is 2.08. The van der Waals surface area contributed by atoms with Crippen molar-refractivity contribution in [1.29, 1.82) is 0 Å². The second-order valence-corrected chi connectivity index (χ2v) is 7.18. The summed E-state index contributed by atoms with van der Waals surface area (Å²) in [6.45, 7) is 7.06. The van der Waals surface area contributed by atoms with Gasteiger partial charge in [0, 0.05) is 52.8 Å². The van der Waals surface area contributed by atoms with Crippen molar-refractivity contribution in [1.82, 2.24) is 14.7 Å². The van der Waals surface area contributed by atoms with Gasteiger partial charge in [-0.05, 0) is 18.4 Å². The van der Waals surface area contributed by atoms with E-state index < -0.39 is 0 Å². The van der Waals surface area contributed by atoms with E-state index in [4.69, 9.17) is 4.74 Å². The van der Waals surface area contributed by atoms with Crippen LogP contribution in [0.25, 0.3) is 0 Å². The van der Waals surface area contributed by atoms with Gasteiger partial charge in [0.25, 0.3) is 0 Å². The highest BCUT2D eigenvalue weighted by Crippen LogP contribution is 2.14. The van der Waals surface area contributed by atoms with Crippen molar-refractivity contribution < 1.29 is 14.3 Å². The van der Waals surface area contributed by atoms with E-state index in [1.807, 2.05) is 11.0 Å². The maximum Gasteiger partial charge on any atom is 0.242 e. The first-order valence-electron chi connectivity index (χ1n) is 9.53. The van der Waals surface area contributed by atoms with Crippen molar-refractivity contribution in [3.8, 4) is 0 Å². The molecule has 0 radical (unpaired) electrons. The Bertz CT molecular complexity index is 594. The van der Waals surface area contributed by atoms with E-state index in [0.717, 1.165) is 52.2 Å². The van der Waals surface area contributed by atoms with Crippen LogP contribution in [-0.2, 0) is 20.9 Å². The molecule has 6 nitrogen and oxygen atoms in total. The van der Waals surface area contributed by atoms with Crippen molar-refractivity contribution in [3.05, 3.63) is 35.9 Å². The van der Waals surface area contributed by atoms with Gasteiger partial charge < -0.3 is 14.5 Å². The molecule has 0 aromatic heterocycles. The maximum atomic E-state index is 12.6. The van der Waals surface area contributed by atoms with Gasteiger partial charge in [0.2, 0.25) is 11.8 Å². The van der Waals surface area contributed by atoms with E-state index in [9.17, 15) is 9.59 Å². The summed E-state index contributed by atoms with van der Waals surface area (Å²) in [7, 11) is 0. The summed E-state index contributed by atoms with van der Waals surface area (Å²) >= 11 is 0. The molecule has 0 N–H and O–H groups in total. The number of hydrogen-bond acceptors (Lipinski definition) is 4. The quantitative estimate of drug-likeness (QED) is 0.770. The largest absolute Gasteiger partial charge is 0.376 e. The maximum absolute atomic E-state index is 12.6. The first-order chi connectivity index (χ1) is 12.6. The molecule has 2 heterocycles. The number of amides is 2. The SMILES string of the molecule is CC(=O)N(CC(=O)N1CCN(Cc2ccccc2)CC1)CC1CCCO1. The van der Waals surface area contributed by atoms with Crippen LogP contribution in [0.1, 0.15) is 25.3 Å². The van der Waals surface area contributed by atoms with E-state index in [0.29, 0.717) is 6.54 Å². The van der Waals surface area contributed by atoms with Crippen LogP contribution in [0, 0.1) is 0 Å². The van der Waals surface area contributed by atoms with Crippen LogP contribution >= 0.6 is 0 Å². The molecule has 142 valence electrons. The normalized spacial score (nSPS) is 21.0. The molecule has 26 heavy (non-hydrogen) atoms. The Balaban J connectivity index is 1.45. The van der Waals surface area contributed by atoms with E-state index in [-0.39, 0.29) is 24.5 Å². The predicted octanol–water partition coefficient (Wildman–Crippen LogP) is 1.36. The molecule has 2 fully saturated rings. The van der Waals surface area contributed by atoms with Gasteiger partial charge in [-0.3, -0.25) is 14.5 Å².